The predicted octanol–water partition coefficient (Wildman–Crippen LogP) is 27.8. The summed E-state index contributed by atoms with van der Waals surface area (Å²) in [6, 6.07) is -0.623. The molecule has 0 rings (SSSR count). The molecular weight excluding hydrogens is 1100 g/mol. The number of esters is 1. The van der Waals surface area contributed by atoms with Crippen LogP contribution in [0.3, 0.4) is 0 Å². The molecule has 0 fully saturated rings. The van der Waals surface area contributed by atoms with Crippen LogP contribution in [-0.2, 0) is 14.3 Å². The zero-order valence-corrected chi connectivity index (χ0v) is 61.7. The number of allylic oxidation sites excluding steroid dienone is 1. The fourth-order valence-electron chi connectivity index (χ4n) is 13.7. The molecule has 2 atom stereocenters. The second-order valence-corrected chi connectivity index (χ2v) is 29.2. The second kappa shape index (κ2) is 80.0. The monoisotopic (exact) mass is 1270 g/mol. The standard InChI is InChI=1S/C84H165NO5/c1-3-5-7-9-11-13-15-17-19-20-21-43-46-49-52-56-60-64-68-72-76-82(87)81(80-86)85-83(88)77-73-69-65-61-57-53-50-47-44-41-39-37-35-33-31-29-27-25-23-22-24-26-28-30-32-34-36-38-40-42-45-48-51-55-59-63-67-71-75-79-90-84(89)78-74-70-66-62-58-54-18-16-14-12-10-8-6-4-2/h72,76,81-82,86-87H,3-71,73-75,77-80H2,1-2H3,(H,85,88)/b76-72+. The molecule has 0 heterocycles. The minimum absolute atomic E-state index is 0.0274. The van der Waals surface area contributed by atoms with Gasteiger partial charge in [0.1, 0.15) is 0 Å². The van der Waals surface area contributed by atoms with Crippen molar-refractivity contribution in [2.75, 3.05) is 13.2 Å². The van der Waals surface area contributed by atoms with Crippen LogP contribution in [0.5, 0.6) is 0 Å². The van der Waals surface area contributed by atoms with Crippen molar-refractivity contribution in [2.45, 2.75) is 501 Å². The smallest absolute Gasteiger partial charge is 0.305 e. The molecule has 0 radical (unpaired) electrons. The van der Waals surface area contributed by atoms with Crippen LogP contribution >= 0.6 is 0 Å². The highest BCUT2D eigenvalue weighted by atomic mass is 16.5. The van der Waals surface area contributed by atoms with Crippen molar-refractivity contribution < 1.29 is 24.5 Å². The molecule has 3 N–H and O–H groups in total. The number of carbonyl (C=O) groups is 2. The summed E-state index contributed by atoms with van der Waals surface area (Å²) in [5.41, 5.74) is 0. The van der Waals surface area contributed by atoms with Gasteiger partial charge in [-0.3, -0.25) is 9.59 Å². The highest BCUT2D eigenvalue weighted by Crippen LogP contribution is 2.21. The molecule has 1 amide bonds. The van der Waals surface area contributed by atoms with E-state index in [4.69, 9.17) is 4.74 Å². The summed E-state index contributed by atoms with van der Waals surface area (Å²) in [5, 5.41) is 23.3. The number of rotatable bonds is 80. The molecule has 2 unspecified atom stereocenters. The van der Waals surface area contributed by atoms with E-state index >= 15 is 0 Å². The average molecular weight is 1270 g/mol. The van der Waals surface area contributed by atoms with Crippen LogP contribution in [0.4, 0.5) is 0 Å². The van der Waals surface area contributed by atoms with Gasteiger partial charge in [-0.15, -0.1) is 0 Å². The molecule has 0 spiro atoms. The summed E-state index contributed by atoms with van der Waals surface area (Å²) in [5.74, 6) is -0.0292. The Morgan fingerprint density at radius 3 is 0.756 bits per heavy atom. The lowest BCUT2D eigenvalue weighted by molar-refractivity contribution is -0.143. The van der Waals surface area contributed by atoms with Crippen molar-refractivity contribution in [3.05, 3.63) is 12.2 Å². The van der Waals surface area contributed by atoms with Gasteiger partial charge in [0.2, 0.25) is 5.91 Å². The van der Waals surface area contributed by atoms with Gasteiger partial charge in [0.15, 0.2) is 0 Å². The van der Waals surface area contributed by atoms with E-state index in [-0.39, 0.29) is 18.5 Å². The number of unbranched alkanes of at least 4 members (excludes halogenated alkanes) is 69. The van der Waals surface area contributed by atoms with Gasteiger partial charge < -0.3 is 20.3 Å². The van der Waals surface area contributed by atoms with E-state index in [1.807, 2.05) is 6.08 Å². The highest BCUT2D eigenvalue weighted by molar-refractivity contribution is 5.76. The topological polar surface area (TPSA) is 95.9 Å². The van der Waals surface area contributed by atoms with Crippen molar-refractivity contribution in [1.29, 1.82) is 0 Å². The van der Waals surface area contributed by atoms with Crippen LogP contribution < -0.4 is 5.32 Å². The molecule has 6 nitrogen and oxygen atoms in total. The fraction of sp³-hybridized carbons (Fsp3) is 0.952. The summed E-state index contributed by atoms with van der Waals surface area (Å²) in [4.78, 5) is 24.6. The van der Waals surface area contributed by atoms with E-state index in [2.05, 4.69) is 19.2 Å². The number of aliphatic hydroxyl groups is 2. The van der Waals surface area contributed by atoms with Crippen molar-refractivity contribution in [1.82, 2.24) is 5.32 Å². The number of amides is 1. The number of hydrogen-bond acceptors (Lipinski definition) is 5. The van der Waals surface area contributed by atoms with Crippen molar-refractivity contribution in [3.8, 4) is 0 Å². The second-order valence-electron chi connectivity index (χ2n) is 29.2. The van der Waals surface area contributed by atoms with Gasteiger partial charge in [0, 0.05) is 12.8 Å². The lowest BCUT2D eigenvalue weighted by Gasteiger charge is -2.20. The van der Waals surface area contributed by atoms with Gasteiger partial charge >= 0.3 is 5.97 Å². The van der Waals surface area contributed by atoms with E-state index in [0.717, 1.165) is 38.5 Å². The Kier molecular flexibility index (Phi) is 78.8. The van der Waals surface area contributed by atoms with E-state index < -0.39 is 12.1 Å². The zero-order chi connectivity index (χ0) is 64.9. The van der Waals surface area contributed by atoms with Crippen molar-refractivity contribution in [3.63, 3.8) is 0 Å². The molecule has 0 aromatic carbocycles. The quantitative estimate of drug-likeness (QED) is 0.0320. The molecule has 0 aliphatic carbocycles. The van der Waals surface area contributed by atoms with E-state index in [1.165, 1.54) is 424 Å². The third kappa shape index (κ3) is 75.6. The number of ether oxygens (including phenoxy) is 1. The summed E-state index contributed by atoms with van der Waals surface area (Å²) in [7, 11) is 0. The molecule has 0 saturated carbocycles. The van der Waals surface area contributed by atoms with Crippen molar-refractivity contribution >= 4 is 11.9 Å². The lowest BCUT2D eigenvalue weighted by Crippen LogP contribution is -2.45. The third-order valence-electron chi connectivity index (χ3n) is 20.1. The first-order chi connectivity index (χ1) is 44.5. The molecule has 0 bridgehead atoms. The minimum Gasteiger partial charge on any atom is -0.466 e. The molecule has 0 aliphatic heterocycles. The van der Waals surface area contributed by atoms with Gasteiger partial charge in [0.25, 0.3) is 0 Å². The van der Waals surface area contributed by atoms with Crippen LogP contribution in [0.2, 0.25) is 0 Å². The Hall–Kier alpha value is -1.40. The first-order valence-corrected chi connectivity index (χ1v) is 42.0. The van der Waals surface area contributed by atoms with Gasteiger partial charge in [-0.2, -0.15) is 0 Å². The number of aliphatic hydroxyl groups excluding tert-OH is 2. The first-order valence-electron chi connectivity index (χ1n) is 42.0. The molecule has 0 aromatic heterocycles. The number of carbonyl (C=O) groups excluding carboxylic acids is 2. The Morgan fingerprint density at radius 2 is 0.511 bits per heavy atom. The van der Waals surface area contributed by atoms with Gasteiger partial charge in [-0.05, 0) is 32.1 Å². The van der Waals surface area contributed by atoms with Crippen LogP contribution in [-0.4, -0.2) is 47.4 Å². The van der Waals surface area contributed by atoms with Crippen LogP contribution in [0.15, 0.2) is 12.2 Å². The largest absolute Gasteiger partial charge is 0.466 e. The average Bonchev–Trinajstić information content (AvgIpc) is 3.63. The summed E-state index contributed by atoms with van der Waals surface area (Å²) >= 11 is 0. The normalized spacial score (nSPS) is 12.4. The Bertz CT molecular complexity index is 1370. The van der Waals surface area contributed by atoms with E-state index in [0.29, 0.717) is 19.4 Å². The SMILES string of the molecule is CCCCCCCCCCCCCCCCCCCC/C=C/C(O)C(CO)NC(=O)CCCCCCCCCCCCCCCCCCCCCCCCCCCCCCCCCCCCCCCCCOC(=O)CCCCCCCCCCCCCCCC. The molecule has 536 valence electrons. The fourth-order valence-corrected chi connectivity index (χ4v) is 13.7. The molecular formula is C84H165NO5. The molecule has 6 heteroatoms. The maximum Gasteiger partial charge on any atom is 0.305 e. The maximum absolute atomic E-state index is 12.5. The van der Waals surface area contributed by atoms with Crippen LogP contribution in [0, 0.1) is 0 Å². The molecule has 0 aromatic rings. The van der Waals surface area contributed by atoms with Gasteiger partial charge in [-0.1, -0.05) is 456 Å². The summed E-state index contributed by atoms with van der Waals surface area (Å²) in [6.07, 6.45) is 102. The van der Waals surface area contributed by atoms with Gasteiger partial charge in [0.05, 0.1) is 25.4 Å². The molecule has 0 aliphatic rings. The Morgan fingerprint density at radius 1 is 0.300 bits per heavy atom. The third-order valence-corrected chi connectivity index (χ3v) is 20.1. The highest BCUT2D eigenvalue weighted by Gasteiger charge is 2.18. The van der Waals surface area contributed by atoms with Crippen LogP contribution in [0.1, 0.15) is 489 Å². The summed E-state index contributed by atoms with van der Waals surface area (Å²) < 4.78 is 5.51. The maximum atomic E-state index is 12.5. The number of nitrogens with one attached hydrogen (secondary N) is 1. The number of hydrogen-bond donors (Lipinski definition) is 3. The minimum atomic E-state index is -0.840. The Balaban J connectivity index is 3.30. The summed E-state index contributed by atoms with van der Waals surface area (Å²) in [6.45, 7) is 4.97. The molecule has 0 saturated heterocycles. The predicted molar refractivity (Wildman–Crippen MR) is 398 cm³/mol. The lowest BCUT2D eigenvalue weighted by atomic mass is 10.0. The van der Waals surface area contributed by atoms with E-state index in [1.54, 1.807) is 6.08 Å². The van der Waals surface area contributed by atoms with Crippen LogP contribution in [0.25, 0.3) is 0 Å². The van der Waals surface area contributed by atoms with Crippen molar-refractivity contribution in [2.24, 2.45) is 0 Å². The zero-order valence-electron chi connectivity index (χ0n) is 61.7. The van der Waals surface area contributed by atoms with Gasteiger partial charge in [-0.25, -0.2) is 0 Å². The molecule has 90 heavy (non-hydrogen) atoms. The van der Waals surface area contributed by atoms with E-state index in [9.17, 15) is 19.8 Å². The Labute approximate surface area is 565 Å². The first kappa shape index (κ1) is 88.6.